The summed E-state index contributed by atoms with van der Waals surface area (Å²) in [5.41, 5.74) is 0.112. The zero-order valence-electron chi connectivity index (χ0n) is 8.51. The predicted octanol–water partition coefficient (Wildman–Crippen LogP) is 0.606. The number of aromatic amines is 1. The van der Waals surface area contributed by atoms with Crippen LogP contribution >= 0.6 is 0 Å². The maximum atomic E-state index is 11.4. The molecule has 1 aromatic carbocycles. The van der Waals surface area contributed by atoms with Gasteiger partial charge in [-0.1, -0.05) is 18.2 Å². The summed E-state index contributed by atoms with van der Waals surface area (Å²) < 4.78 is 1.09. The summed E-state index contributed by atoms with van der Waals surface area (Å²) in [6, 6.07) is 10.7. The number of hydrogen-bond donors (Lipinski definition) is 2. The highest BCUT2D eigenvalue weighted by Crippen LogP contribution is 2.03. The minimum Gasteiger partial charge on any atom is -0.367 e. The Bertz CT molecular complexity index is 543. The fourth-order valence-corrected chi connectivity index (χ4v) is 1.33. The molecule has 0 radical (unpaired) electrons. The van der Waals surface area contributed by atoms with Crippen LogP contribution in [0.2, 0.25) is 0 Å². The van der Waals surface area contributed by atoms with Gasteiger partial charge in [0.1, 0.15) is 6.67 Å². The smallest absolute Gasteiger partial charge is 0.329 e. The SMILES string of the molecule is O=c1cc[nH]c(=O)n1CNc1ccccc1. The fraction of sp³-hybridized carbons (Fsp3) is 0.0909. The van der Waals surface area contributed by atoms with Crippen LogP contribution in [0.3, 0.4) is 0 Å². The molecule has 0 fully saturated rings. The van der Waals surface area contributed by atoms with Crippen LogP contribution < -0.4 is 16.6 Å². The molecule has 0 aliphatic heterocycles. The van der Waals surface area contributed by atoms with E-state index in [0.717, 1.165) is 10.3 Å². The molecule has 1 aromatic heterocycles. The number of benzene rings is 1. The highest BCUT2D eigenvalue weighted by Gasteiger charge is 1.98. The summed E-state index contributed by atoms with van der Waals surface area (Å²) in [6.07, 6.45) is 1.34. The van der Waals surface area contributed by atoms with E-state index in [-0.39, 0.29) is 12.2 Å². The first kappa shape index (κ1) is 10.2. The van der Waals surface area contributed by atoms with Crippen molar-refractivity contribution in [3.05, 3.63) is 63.4 Å². The Morgan fingerprint density at radius 1 is 1.12 bits per heavy atom. The number of nitrogens with zero attached hydrogens (tertiary/aromatic N) is 1. The molecule has 0 bridgehead atoms. The van der Waals surface area contributed by atoms with Gasteiger partial charge in [0.15, 0.2) is 0 Å². The van der Waals surface area contributed by atoms with Gasteiger partial charge in [-0.25, -0.2) is 9.36 Å². The molecule has 5 heteroatoms. The molecule has 2 rings (SSSR count). The van der Waals surface area contributed by atoms with Gasteiger partial charge in [0.2, 0.25) is 0 Å². The second kappa shape index (κ2) is 4.48. The van der Waals surface area contributed by atoms with Crippen molar-refractivity contribution in [3.63, 3.8) is 0 Å². The third-order valence-electron chi connectivity index (χ3n) is 2.16. The van der Waals surface area contributed by atoms with E-state index in [4.69, 9.17) is 0 Å². The summed E-state index contributed by atoms with van der Waals surface area (Å²) in [6.45, 7) is 0.152. The maximum absolute atomic E-state index is 11.4. The summed E-state index contributed by atoms with van der Waals surface area (Å²) >= 11 is 0. The molecule has 82 valence electrons. The number of H-pyrrole nitrogens is 1. The van der Waals surface area contributed by atoms with Crippen LogP contribution in [-0.2, 0) is 6.67 Å². The number of nitrogens with one attached hydrogen (secondary N) is 2. The van der Waals surface area contributed by atoms with Gasteiger partial charge in [-0.15, -0.1) is 0 Å². The lowest BCUT2D eigenvalue weighted by atomic mass is 10.3. The first-order valence-electron chi connectivity index (χ1n) is 4.85. The van der Waals surface area contributed by atoms with E-state index in [1.165, 1.54) is 12.3 Å². The van der Waals surface area contributed by atoms with Gasteiger partial charge >= 0.3 is 5.69 Å². The largest absolute Gasteiger partial charge is 0.367 e. The van der Waals surface area contributed by atoms with Crippen molar-refractivity contribution in [3.8, 4) is 0 Å². The van der Waals surface area contributed by atoms with Crippen LogP contribution in [0.5, 0.6) is 0 Å². The monoisotopic (exact) mass is 217 g/mol. The Labute approximate surface area is 91.4 Å². The van der Waals surface area contributed by atoms with E-state index < -0.39 is 5.69 Å². The van der Waals surface area contributed by atoms with Crippen molar-refractivity contribution >= 4 is 5.69 Å². The van der Waals surface area contributed by atoms with Crippen molar-refractivity contribution in [1.82, 2.24) is 9.55 Å². The minimum absolute atomic E-state index is 0.152. The van der Waals surface area contributed by atoms with Crippen molar-refractivity contribution in [2.75, 3.05) is 5.32 Å². The molecule has 0 saturated heterocycles. The maximum Gasteiger partial charge on any atom is 0.329 e. The fourth-order valence-electron chi connectivity index (χ4n) is 1.33. The summed E-state index contributed by atoms with van der Waals surface area (Å²) in [7, 11) is 0. The van der Waals surface area contributed by atoms with E-state index in [2.05, 4.69) is 10.3 Å². The van der Waals surface area contributed by atoms with Crippen molar-refractivity contribution in [2.45, 2.75) is 6.67 Å². The van der Waals surface area contributed by atoms with Gasteiger partial charge in [0, 0.05) is 18.0 Å². The molecule has 0 aliphatic carbocycles. The van der Waals surface area contributed by atoms with Crippen molar-refractivity contribution < 1.29 is 0 Å². The van der Waals surface area contributed by atoms with Crippen LogP contribution in [-0.4, -0.2) is 9.55 Å². The quantitative estimate of drug-likeness (QED) is 0.791. The van der Waals surface area contributed by atoms with Crippen LogP contribution in [0.25, 0.3) is 0 Å². The third-order valence-corrected chi connectivity index (χ3v) is 2.16. The van der Waals surface area contributed by atoms with Crippen LogP contribution in [0.15, 0.2) is 52.2 Å². The Morgan fingerprint density at radius 2 is 1.88 bits per heavy atom. The number of anilines is 1. The molecule has 0 spiro atoms. The lowest BCUT2D eigenvalue weighted by Crippen LogP contribution is -2.36. The molecule has 16 heavy (non-hydrogen) atoms. The molecular weight excluding hydrogens is 206 g/mol. The van der Waals surface area contributed by atoms with Crippen LogP contribution in [0.4, 0.5) is 5.69 Å². The molecule has 0 unspecified atom stereocenters. The molecule has 1 heterocycles. The second-order valence-electron chi connectivity index (χ2n) is 3.25. The molecule has 0 amide bonds. The van der Waals surface area contributed by atoms with Gasteiger partial charge < -0.3 is 10.3 Å². The topological polar surface area (TPSA) is 66.9 Å². The predicted molar refractivity (Wildman–Crippen MR) is 61.4 cm³/mol. The highest BCUT2D eigenvalue weighted by molar-refractivity contribution is 5.41. The Balaban J connectivity index is 2.17. The lowest BCUT2D eigenvalue weighted by molar-refractivity contribution is 0.682. The van der Waals surface area contributed by atoms with Gasteiger partial charge in [0.05, 0.1) is 0 Å². The van der Waals surface area contributed by atoms with Crippen LogP contribution in [0, 0.1) is 0 Å². The average molecular weight is 217 g/mol. The lowest BCUT2D eigenvalue weighted by Gasteiger charge is -2.06. The van der Waals surface area contributed by atoms with Gasteiger partial charge in [0.25, 0.3) is 5.56 Å². The second-order valence-corrected chi connectivity index (χ2v) is 3.25. The van der Waals surface area contributed by atoms with Gasteiger partial charge in [-0.05, 0) is 12.1 Å². The first-order valence-corrected chi connectivity index (χ1v) is 4.85. The Morgan fingerprint density at radius 3 is 2.56 bits per heavy atom. The molecule has 0 aliphatic rings. The van der Waals surface area contributed by atoms with E-state index in [0.29, 0.717) is 0 Å². The molecule has 5 nitrogen and oxygen atoms in total. The Kier molecular flexibility index (Phi) is 2.86. The van der Waals surface area contributed by atoms with Crippen LogP contribution in [0.1, 0.15) is 0 Å². The van der Waals surface area contributed by atoms with Crippen molar-refractivity contribution in [2.24, 2.45) is 0 Å². The number of para-hydroxylation sites is 1. The molecule has 2 aromatic rings. The number of aromatic nitrogens is 2. The molecule has 0 atom stereocenters. The molecular formula is C11H11N3O2. The normalized spacial score (nSPS) is 10.0. The Hall–Kier alpha value is -2.30. The third kappa shape index (κ3) is 2.20. The average Bonchev–Trinajstić information content (AvgIpc) is 2.30. The number of rotatable bonds is 3. The van der Waals surface area contributed by atoms with E-state index >= 15 is 0 Å². The zero-order chi connectivity index (χ0) is 11.4. The zero-order valence-corrected chi connectivity index (χ0v) is 8.51. The van der Waals surface area contributed by atoms with Crippen molar-refractivity contribution in [1.29, 1.82) is 0 Å². The van der Waals surface area contributed by atoms with Gasteiger partial charge in [-0.2, -0.15) is 0 Å². The standard InChI is InChI=1S/C11H11N3O2/c15-10-6-7-12-11(16)14(10)8-13-9-4-2-1-3-5-9/h1-7,13H,8H2,(H,12,16). The molecule has 0 saturated carbocycles. The minimum atomic E-state index is -0.420. The molecule has 2 N–H and O–H groups in total. The summed E-state index contributed by atoms with van der Waals surface area (Å²) in [5.74, 6) is 0. The van der Waals surface area contributed by atoms with E-state index in [1.54, 1.807) is 0 Å². The highest BCUT2D eigenvalue weighted by atomic mass is 16.2. The summed E-state index contributed by atoms with van der Waals surface area (Å²) in [4.78, 5) is 25.1. The van der Waals surface area contributed by atoms with E-state index in [1.807, 2.05) is 30.3 Å². The number of hydrogen-bond acceptors (Lipinski definition) is 3. The van der Waals surface area contributed by atoms with E-state index in [9.17, 15) is 9.59 Å². The summed E-state index contributed by atoms with van der Waals surface area (Å²) in [5, 5.41) is 2.99. The van der Waals surface area contributed by atoms with Gasteiger partial charge in [-0.3, -0.25) is 4.79 Å². The first-order chi connectivity index (χ1) is 7.77.